The monoisotopic (exact) mass is 258 g/mol. The highest BCUT2D eigenvalue weighted by atomic mass is 32.2. The van der Waals surface area contributed by atoms with Gasteiger partial charge in [0.15, 0.2) is 5.17 Å². The number of carbonyl (C=O) groups is 2. The predicted molar refractivity (Wildman–Crippen MR) is 67.9 cm³/mol. The maximum Gasteiger partial charge on any atom is 0.260 e. The number of ether oxygens (including phenoxy) is 1. The summed E-state index contributed by atoms with van der Waals surface area (Å²) in [5.74, 6) is -1.33. The van der Waals surface area contributed by atoms with Gasteiger partial charge >= 0.3 is 0 Å². The van der Waals surface area contributed by atoms with Crippen molar-refractivity contribution in [2.24, 2.45) is 10.9 Å². The number of aliphatic imine (C=N–C) groups is 1. The molecule has 1 heterocycles. The lowest BCUT2D eigenvalue weighted by Crippen LogP contribution is -2.43. The molecular weight excluding hydrogens is 240 g/mol. The molecule has 17 heavy (non-hydrogen) atoms. The summed E-state index contributed by atoms with van der Waals surface area (Å²) in [5, 5.41) is 3.34. The third-order valence-electron chi connectivity index (χ3n) is 2.16. The summed E-state index contributed by atoms with van der Waals surface area (Å²) in [6, 6.07) is 0. The summed E-state index contributed by atoms with van der Waals surface area (Å²) in [7, 11) is 0. The van der Waals surface area contributed by atoms with E-state index in [4.69, 9.17) is 4.74 Å². The number of nitrogens with one attached hydrogen (secondary N) is 1. The Morgan fingerprint density at radius 1 is 1.47 bits per heavy atom. The molecule has 0 aliphatic carbocycles. The summed E-state index contributed by atoms with van der Waals surface area (Å²) in [6.45, 7) is 6.82. The lowest BCUT2D eigenvalue weighted by molar-refractivity contribution is -0.134. The SMILES string of the molecule is CCOCCC1C(=O)N=C(SC(C)C)NC1=O. The Balaban J connectivity index is 2.57. The van der Waals surface area contributed by atoms with Gasteiger partial charge in [-0.15, -0.1) is 0 Å². The molecule has 1 unspecified atom stereocenters. The number of rotatable bonds is 5. The molecule has 96 valence electrons. The number of carbonyl (C=O) groups excluding carboxylic acids is 2. The van der Waals surface area contributed by atoms with Gasteiger partial charge in [-0.25, -0.2) is 0 Å². The van der Waals surface area contributed by atoms with Crippen LogP contribution in [0.3, 0.4) is 0 Å². The normalized spacial score (nSPS) is 20.5. The van der Waals surface area contributed by atoms with Crippen LogP contribution < -0.4 is 5.32 Å². The standard InChI is InChI=1S/C11H18N2O3S/c1-4-16-6-5-8-9(14)12-11(13-10(8)15)17-7(2)3/h7-8H,4-6H2,1-3H3,(H,12,13,14,15). The van der Waals surface area contributed by atoms with Crippen molar-refractivity contribution >= 4 is 28.7 Å². The van der Waals surface area contributed by atoms with Gasteiger partial charge in [-0.05, 0) is 13.3 Å². The van der Waals surface area contributed by atoms with Crippen molar-refractivity contribution < 1.29 is 14.3 Å². The minimum atomic E-state index is -0.696. The summed E-state index contributed by atoms with van der Waals surface area (Å²) in [4.78, 5) is 27.3. The highest BCUT2D eigenvalue weighted by Gasteiger charge is 2.31. The van der Waals surface area contributed by atoms with E-state index < -0.39 is 5.92 Å². The molecule has 1 N–H and O–H groups in total. The van der Waals surface area contributed by atoms with Gasteiger partial charge in [0.25, 0.3) is 5.91 Å². The molecule has 1 aliphatic rings. The van der Waals surface area contributed by atoms with E-state index >= 15 is 0 Å². The summed E-state index contributed by atoms with van der Waals surface area (Å²) < 4.78 is 5.14. The third-order valence-corrected chi connectivity index (χ3v) is 3.05. The first-order valence-electron chi connectivity index (χ1n) is 5.72. The van der Waals surface area contributed by atoms with Crippen LogP contribution >= 0.6 is 11.8 Å². The van der Waals surface area contributed by atoms with Gasteiger partial charge < -0.3 is 10.1 Å². The molecule has 0 fully saturated rings. The largest absolute Gasteiger partial charge is 0.382 e. The van der Waals surface area contributed by atoms with E-state index in [-0.39, 0.29) is 17.1 Å². The van der Waals surface area contributed by atoms with Crippen molar-refractivity contribution in [3.8, 4) is 0 Å². The van der Waals surface area contributed by atoms with E-state index in [1.807, 2.05) is 20.8 Å². The fraction of sp³-hybridized carbons (Fsp3) is 0.727. The minimum absolute atomic E-state index is 0.271. The quantitative estimate of drug-likeness (QED) is 0.594. The molecule has 1 aliphatic heterocycles. The Bertz CT molecular complexity index is 329. The minimum Gasteiger partial charge on any atom is -0.382 e. The molecule has 1 atom stereocenters. The average molecular weight is 258 g/mol. The molecule has 1 rings (SSSR count). The number of amidine groups is 1. The zero-order chi connectivity index (χ0) is 12.8. The van der Waals surface area contributed by atoms with Gasteiger partial charge in [0.05, 0.1) is 0 Å². The fourth-order valence-electron chi connectivity index (χ4n) is 1.39. The fourth-order valence-corrected chi connectivity index (χ4v) is 2.14. The van der Waals surface area contributed by atoms with E-state index in [1.54, 1.807) is 0 Å². The average Bonchev–Trinajstić information content (AvgIpc) is 2.21. The number of thioether (sulfide) groups is 1. The van der Waals surface area contributed by atoms with Crippen molar-refractivity contribution in [3.63, 3.8) is 0 Å². The predicted octanol–water partition coefficient (Wildman–Crippen LogP) is 1.18. The summed E-state index contributed by atoms with van der Waals surface area (Å²) in [6.07, 6.45) is 0.391. The van der Waals surface area contributed by atoms with Crippen molar-refractivity contribution in [1.82, 2.24) is 5.32 Å². The van der Waals surface area contributed by atoms with Crippen LogP contribution in [0.2, 0.25) is 0 Å². The van der Waals surface area contributed by atoms with Crippen LogP contribution in [0.25, 0.3) is 0 Å². The van der Waals surface area contributed by atoms with Crippen LogP contribution in [0.4, 0.5) is 0 Å². The van der Waals surface area contributed by atoms with Gasteiger partial charge in [0.2, 0.25) is 5.91 Å². The van der Waals surface area contributed by atoms with Crippen LogP contribution in [-0.2, 0) is 14.3 Å². The molecule has 6 heteroatoms. The second-order valence-electron chi connectivity index (χ2n) is 3.95. The van der Waals surface area contributed by atoms with Gasteiger partial charge in [-0.3, -0.25) is 9.59 Å². The lowest BCUT2D eigenvalue weighted by atomic mass is 10.0. The highest BCUT2D eigenvalue weighted by Crippen LogP contribution is 2.17. The summed E-state index contributed by atoms with van der Waals surface area (Å²) in [5.41, 5.74) is 0. The molecular formula is C11H18N2O3S. The number of amides is 2. The Labute approximate surface area is 105 Å². The van der Waals surface area contributed by atoms with Gasteiger partial charge in [0, 0.05) is 18.5 Å². The van der Waals surface area contributed by atoms with Crippen LogP contribution in [0, 0.1) is 5.92 Å². The zero-order valence-corrected chi connectivity index (χ0v) is 11.2. The Hall–Kier alpha value is -0.880. The molecule has 0 aromatic heterocycles. The molecule has 0 saturated carbocycles. The number of hydrogen-bond donors (Lipinski definition) is 1. The van der Waals surface area contributed by atoms with E-state index in [1.165, 1.54) is 11.8 Å². The third kappa shape index (κ3) is 4.47. The maximum atomic E-state index is 11.7. The first kappa shape index (κ1) is 14.2. The summed E-state index contributed by atoms with van der Waals surface area (Å²) >= 11 is 1.38. The topological polar surface area (TPSA) is 67.8 Å². The van der Waals surface area contributed by atoms with Gasteiger partial charge in [-0.2, -0.15) is 4.99 Å². The van der Waals surface area contributed by atoms with Crippen molar-refractivity contribution in [2.45, 2.75) is 32.4 Å². The van der Waals surface area contributed by atoms with Crippen LogP contribution in [0.15, 0.2) is 4.99 Å². The molecule has 0 aromatic carbocycles. The lowest BCUT2D eigenvalue weighted by Gasteiger charge is -2.20. The van der Waals surface area contributed by atoms with E-state index in [9.17, 15) is 9.59 Å². The second-order valence-corrected chi connectivity index (χ2v) is 5.51. The van der Waals surface area contributed by atoms with Crippen molar-refractivity contribution in [1.29, 1.82) is 0 Å². The van der Waals surface area contributed by atoms with Crippen molar-refractivity contribution in [2.75, 3.05) is 13.2 Å². The molecule has 5 nitrogen and oxygen atoms in total. The Morgan fingerprint density at radius 3 is 2.71 bits per heavy atom. The molecule has 0 bridgehead atoms. The first-order chi connectivity index (χ1) is 8.04. The molecule has 0 aromatic rings. The smallest absolute Gasteiger partial charge is 0.260 e. The highest BCUT2D eigenvalue weighted by molar-refractivity contribution is 8.14. The van der Waals surface area contributed by atoms with E-state index in [0.717, 1.165) is 0 Å². The van der Waals surface area contributed by atoms with Gasteiger partial charge in [-0.1, -0.05) is 25.6 Å². The van der Waals surface area contributed by atoms with Gasteiger partial charge in [0.1, 0.15) is 5.92 Å². The van der Waals surface area contributed by atoms with Crippen LogP contribution in [0.5, 0.6) is 0 Å². The van der Waals surface area contributed by atoms with E-state index in [2.05, 4.69) is 10.3 Å². The second kappa shape index (κ2) is 6.76. The zero-order valence-electron chi connectivity index (χ0n) is 10.4. The number of nitrogens with zero attached hydrogens (tertiary/aromatic N) is 1. The maximum absolute atomic E-state index is 11.7. The molecule has 0 saturated heterocycles. The molecule has 2 amide bonds. The van der Waals surface area contributed by atoms with Crippen LogP contribution in [-0.4, -0.2) is 35.4 Å². The first-order valence-corrected chi connectivity index (χ1v) is 6.60. The van der Waals surface area contributed by atoms with Crippen LogP contribution in [0.1, 0.15) is 27.2 Å². The van der Waals surface area contributed by atoms with Crippen molar-refractivity contribution in [3.05, 3.63) is 0 Å². The number of hydrogen-bond acceptors (Lipinski definition) is 4. The Kier molecular flexibility index (Phi) is 5.64. The molecule has 0 spiro atoms. The van der Waals surface area contributed by atoms with E-state index in [0.29, 0.717) is 24.8 Å². The molecule has 0 radical (unpaired) electrons. The Morgan fingerprint density at radius 2 is 2.18 bits per heavy atom.